The maximum atomic E-state index is 2.39. The van der Waals surface area contributed by atoms with Gasteiger partial charge in [0.15, 0.2) is 0 Å². The number of benzene rings is 9. The summed E-state index contributed by atoms with van der Waals surface area (Å²) in [6.07, 6.45) is 6.88. The van der Waals surface area contributed by atoms with Crippen molar-refractivity contribution in [2.45, 2.75) is 12.8 Å². The van der Waals surface area contributed by atoms with Crippen LogP contribution < -0.4 is 4.90 Å². The van der Waals surface area contributed by atoms with Crippen molar-refractivity contribution in [1.82, 2.24) is 0 Å². The highest BCUT2D eigenvalue weighted by Gasteiger charge is 2.17. The van der Waals surface area contributed by atoms with Crippen LogP contribution in [0, 0.1) is 0 Å². The normalized spacial score (nSPS) is 12.4. The van der Waals surface area contributed by atoms with E-state index >= 15 is 0 Å². The molecule has 0 saturated heterocycles. The maximum Gasteiger partial charge on any atom is 0.0467 e. The van der Waals surface area contributed by atoms with E-state index in [1.54, 1.807) is 0 Å². The van der Waals surface area contributed by atoms with Crippen molar-refractivity contribution in [2.24, 2.45) is 0 Å². The van der Waals surface area contributed by atoms with Crippen LogP contribution in [0.5, 0.6) is 0 Å². The van der Waals surface area contributed by atoms with Gasteiger partial charge in [0, 0.05) is 37.2 Å². The summed E-state index contributed by atoms with van der Waals surface area (Å²) in [5.41, 5.74) is 13.5. The Morgan fingerprint density at radius 2 is 1.09 bits per heavy atom. The second-order valence-electron chi connectivity index (χ2n) is 14.8. The Kier molecular flexibility index (Phi) is 7.89. The second kappa shape index (κ2) is 13.5. The fourth-order valence-corrected chi connectivity index (χ4v) is 9.96. The first-order chi connectivity index (χ1) is 27.7. The Morgan fingerprint density at radius 3 is 1.93 bits per heavy atom. The van der Waals surface area contributed by atoms with E-state index < -0.39 is 0 Å². The summed E-state index contributed by atoms with van der Waals surface area (Å²) >= 11 is 1.88. The lowest BCUT2D eigenvalue weighted by Crippen LogP contribution is -2.10. The van der Waals surface area contributed by atoms with Crippen molar-refractivity contribution < 1.29 is 0 Å². The zero-order chi connectivity index (χ0) is 37.0. The van der Waals surface area contributed by atoms with Crippen LogP contribution in [-0.2, 0) is 6.42 Å². The van der Waals surface area contributed by atoms with Crippen LogP contribution in [0.1, 0.15) is 17.5 Å². The number of fused-ring (bicyclic) bond motifs is 8. The van der Waals surface area contributed by atoms with Gasteiger partial charge in [-0.1, -0.05) is 152 Å². The van der Waals surface area contributed by atoms with Gasteiger partial charge in [-0.2, -0.15) is 0 Å². The lowest BCUT2D eigenvalue weighted by molar-refractivity contribution is 0.990. The van der Waals surface area contributed by atoms with Crippen molar-refractivity contribution in [3.63, 3.8) is 0 Å². The minimum absolute atomic E-state index is 1.11. The summed E-state index contributed by atoms with van der Waals surface area (Å²) in [5, 5.41) is 7.91. The van der Waals surface area contributed by atoms with Crippen molar-refractivity contribution in [2.75, 3.05) is 4.90 Å². The highest BCUT2D eigenvalue weighted by Crippen LogP contribution is 2.43. The monoisotopic (exact) mass is 731 g/mol. The third kappa shape index (κ3) is 5.61. The molecule has 0 unspecified atom stereocenters. The van der Waals surface area contributed by atoms with Gasteiger partial charge in [0.25, 0.3) is 0 Å². The van der Waals surface area contributed by atoms with Crippen LogP contribution in [0.25, 0.3) is 81.2 Å². The Bertz CT molecular complexity index is 3120. The average Bonchev–Trinajstić information content (AvgIpc) is 3.66. The highest BCUT2D eigenvalue weighted by molar-refractivity contribution is 7.26. The van der Waals surface area contributed by atoms with E-state index in [2.05, 4.69) is 205 Å². The van der Waals surface area contributed by atoms with E-state index in [0.717, 1.165) is 29.9 Å². The van der Waals surface area contributed by atoms with E-state index in [1.165, 1.54) is 86.2 Å². The van der Waals surface area contributed by atoms with Gasteiger partial charge in [-0.3, -0.25) is 0 Å². The van der Waals surface area contributed by atoms with Crippen LogP contribution in [0.2, 0.25) is 0 Å². The van der Waals surface area contributed by atoms with Crippen LogP contribution in [-0.4, -0.2) is 0 Å². The number of rotatable bonds is 6. The van der Waals surface area contributed by atoms with Crippen molar-refractivity contribution in [3.8, 4) is 33.4 Å². The molecule has 56 heavy (non-hydrogen) atoms. The summed E-state index contributed by atoms with van der Waals surface area (Å²) < 4.78 is 2.65. The molecule has 0 aliphatic heterocycles. The van der Waals surface area contributed by atoms with Gasteiger partial charge in [0.2, 0.25) is 0 Å². The molecule has 0 bridgehead atoms. The second-order valence-corrected chi connectivity index (χ2v) is 15.9. The van der Waals surface area contributed by atoms with E-state index in [9.17, 15) is 0 Å². The number of allylic oxidation sites excluding steroid dienone is 1. The van der Waals surface area contributed by atoms with E-state index in [4.69, 9.17) is 0 Å². The molecule has 264 valence electrons. The summed E-state index contributed by atoms with van der Waals surface area (Å²) in [5.74, 6) is 0. The summed E-state index contributed by atoms with van der Waals surface area (Å²) in [6.45, 7) is 0. The molecule has 10 aromatic rings. The van der Waals surface area contributed by atoms with Crippen LogP contribution in [0.3, 0.4) is 0 Å². The number of anilines is 3. The predicted molar refractivity (Wildman–Crippen MR) is 243 cm³/mol. The maximum absolute atomic E-state index is 2.39. The molecular formula is C54H37NS. The SMILES string of the molecule is C1=Cc2c(ccc3ccc4cc(-c5ccc(N(c6ccc(-c7ccccc7)cc6)c6cccc(-c7cccc8c7sc7ccccc78)c6)cc5)ccc4c23)CC1. The van der Waals surface area contributed by atoms with Crippen molar-refractivity contribution in [3.05, 3.63) is 205 Å². The number of aryl methyl sites for hydroxylation is 1. The molecule has 1 aliphatic rings. The topological polar surface area (TPSA) is 3.24 Å². The van der Waals surface area contributed by atoms with E-state index in [1.807, 2.05) is 11.3 Å². The van der Waals surface area contributed by atoms with Gasteiger partial charge in [0.1, 0.15) is 0 Å². The molecule has 0 atom stereocenters. The minimum Gasteiger partial charge on any atom is -0.310 e. The summed E-state index contributed by atoms with van der Waals surface area (Å²) in [6, 6.07) is 69.3. The number of nitrogens with zero attached hydrogens (tertiary/aromatic N) is 1. The quantitative estimate of drug-likeness (QED) is 0.154. The zero-order valence-electron chi connectivity index (χ0n) is 30.8. The van der Waals surface area contributed by atoms with Gasteiger partial charge < -0.3 is 4.90 Å². The molecule has 1 aliphatic carbocycles. The van der Waals surface area contributed by atoms with Crippen molar-refractivity contribution >= 4 is 76.2 Å². The summed E-state index contributed by atoms with van der Waals surface area (Å²) in [4.78, 5) is 2.39. The fraction of sp³-hybridized carbons (Fsp3) is 0.0370. The average molecular weight is 732 g/mol. The van der Waals surface area contributed by atoms with Crippen LogP contribution >= 0.6 is 11.3 Å². The van der Waals surface area contributed by atoms with Gasteiger partial charge in [0.05, 0.1) is 0 Å². The highest BCUT2D eigenvalue weighted by atomic mass is 32.1. The minimum atomic E-state index is 1.11. The zero-order valence-corrected chi connectivity index (χ0v) is 31.6. The number of hydrogen-bond donors (Lipinski definition) is 0. The Balaban J connectivity index is 1.00. The molecule has 1 aromatic heterocycles. The van der Waals surface area contributed by atoms with Crippen LogP contribution in [0.4, 0.5) is 17.1 Å². The van der Waals surface area contributed by atoms with E-state index in [-0.39, 0.29) is 0 Å². The molecular weight excluding hydrogens is 695 g/mol. The van der Waals surface area contributed by atoms with Gasteiger partial charge in [-0.15, -0.1) is 11.3 Å². The molecule has 1 nitrogen and oxygen atoms in total. The third-order valence-electron chi connectivity index (χ3n) is 11.5. The van der Waals surface area contributed by atoms with Crippen LogP contribution in [0.15, 0.2) is 194 Å². The first-order valence-corrected chi connectivity index (χ1v) is 20.3. The fourth-order valence-electron chi connectivity index (χ4n) is 8.73. The smallest absolute Gasteiger partial charge is 0.0467 e. The molecule has 0 N–H and O–H groups in total. The Morgan fingerprint density at radius 1 is 0.429 bits per heavy atom. The standard InChI is InChI=1S/C54H37NS/c1-2-10-36(11-3-1)37-24-29-44(30-25-37)55(46-14-8-13-42(35-46)49-17-9-18-51-50-16-6-7-19-52(50)56-54(49)51)45-31-26-38(27-32-45)41-28-33-48-43(34-41)23-22-40-21-20-39-12-4-5-15-47(39)53(40)48/h1-3,5-11,13-35H,4,12H2. The summed E-state index contributed by atoms with van der Waals surface area (Å²) in [7, 11) is 0. The number of thiophene rings is 1. The molecule has 11 rings (SSSR count). The molecule has 0 spiro atoms. The molecule has 9 aromatic carbocycles. The van der Waals surface area contributed by atoms with Gasteiger partial charge >= 0.3 is 0 Å². The lowest BCUT2D eigenvalue weighted by Gasteiger charge is -2.26. The molecule has 1 heterocycles. The number of hydrogen-bond acceptors (Lipinski definition) is 2. The first kappa shape index (κ1) is 32.7. The molecule has 0 saturated carbocycles. The van der Waals surface area contributed by atoms with Gasteiger partial charge in [-0.25, -0.2) is 0 Å². The third-order valence-corrected chi connectivity index (χ3v) is 12.7. The Labute approximate surface area is 331 Å². The molecule has 0 amide bonds. The van der Waals surface area contributed by atoms with Crippen molar-refractivity contribution in [1.29, 1.82) is 0 Å². The molecule has 2 heteroatoms. The largest absolute Gasteiger partial charge is 0.310 e. The first-order valence-electron chi connectivity index (χ1n) is 19.5. The molecule has 0 radical (unpaired) electrons. The van der Waals surface area contributed by atoms with Gasteiger partial charge in [-0.05, 0) is 127 Å². The Hall–Kier alpha value is -6.74. The van der Waals surface area contributed by atoms with E-state index in [0.29, 0.717) is 0 Å². The lowest BCUT2D eigenvalue weighted by atomic mass is 9.89. The predicted octanol–water partition coefficient (Wildman–Crippen LogP) is 15.8. The molecule has 0 fully saturated rings.